The monoisotopic (exact) mass is 238 g/mol. The maximum Gasteiger partial charge on any atom is 0.224 e. The zero-order valence-electron chi connectivity index (χ0n) is 11.1. The van der Waals surface area contributed by atoms with Crippen LogP contribution in [0.1, 0.15) is 32.2 Å². The summed E-state index contributed by atoms with van der Waals surface area (Å²) in [7, 11) is 1.93. The van der Waals surface area contributed by atoms with Crippen LogP contribution in [-0.4, -0.2) is 22.2 Å². The molecule has 1 aromatic rings. The summed E-state index contributed by atoms with van der Waals surface area (Å²) < 4.78 is 1.86. The van der Waals surface area contributed by atoms with Gasteiger partial charge in [0.1, 0.15) is 0 Å². The van der Waals surface area contributed by atoms with Gasteiger partial charge in [0.15, 0.2) is 0 Å². The van der Waals surface area contributed by atoms with E-state index in [1.165, 1.54) is 0 Å². The van der Waals surface area contributed by atoms with Gasteiger partial charge < -0.3 is 11.1 Å². The van der Waals surface area contributed by atoms with Crippen LogP contribution in [-0.2, 0) is 24.8 Å². The van der Waals surface area contributed by atoms with E-state index < -0.39 is 5.41 Å². The van der Waals surface area contributed by atoms with Crippen LogP contribution >= 0.6 is 0 Å². The first-order valence-corrected chi connectivity index (χ1v) is 5.89. The van der Waals surface area contributed by atoms with Crippen molar-refractivity contribution in [3.8, 4) is 0 Å². The van der Waals surface area contributed by atoms with Gasteiger partial charge in [0.2, 0.25) is 5.91 Å². The zero-order chi connectivity index (χ0) is 13.1. The van der Waals surface area contributed by atoms with Crippen LogP contribution in [0.15, 0.2) is 6.07 Å². The molecule has 0 aliphatic rings. The molecule has 5 nitrogen and oxygen atoms in total. The first-order chi connectivity index (χ1) is 7.86. The molecular formula is C12H22N4O. The third-order valence-electron chi connectivity index (χ3n) is 2.93. The van der Waals surface area contributed by atoms with Crippen LogP contribution in [0.5, 0.6) is 0 Å². The topological polar surface area (TPSA) is 72.9 Å². The highest BCUT2D eigenvalue weighted by Crippen LogP contribution is 2.12. The number of nitrogens with two attached hydrogens (primary N) is 1. The van der Waals surface area contributed by atoms with Crippen molar-refractivity contribution in [2.75, 3.05) is 6.54 Å². The van der Waals surface area contributed by atoms with Gasteiger partial charge in [0, 0.05) is 20.1 Å². The number of amides is 1. The minimum absolute atomic E-state index is 0.288. The third-order valence-corrected chi connectivity index (χ3v) is 2.93. The maximum absolute atomic E-state index is 11.1. The first-order valence-electron chi connectivity index (χ1n) is 5.89. The van der Waals surface area contributed by atoms with Crippen molar-refractivity contribution in [1.82, 2.24) is 15.1 Å². The molecule has 0 aromatic carbocycles. The minimum Gasteiger partial charge on any atom is -0.369 e. The van der Waals surface area contributed by atoms with Gasteiger partial charge in [0.25, 0.3) is 0 Å². The Morgan fingerprint density at radius 3 is 2.71 bits per heavy atom. The number of hydrogen-bond acceptors (Lipinski definition) is 3. The number of rotatable bonds is 6. The largest absolute Gasteiger partial charge is 0.369 e. The molecule has 0 fully saturated rings. The van der Waals surface area contributed by atoms with Gasteiger partial charge in [-0.05, 0) is 26.3 Å². The number of nitrogens with one attached hydrogen (secondary N) is 1. The summed E-state index contributed by atoms with van der Waals surface area (Å²) in [6.45, 7) is 7.01. The van der Waals surface area contributed by atoms with Gasteiger partial charge in [-0.15, -0.1) is 0 Å². The molecule has 17 heavy (non-hydrogen) atoms. The predicted molar refractivity (Wildman–Crippen MR) is 67.3 cm³/mol. The van der Waals surface area contributed by atoms with Crippen LogP contribution in [0.25, 0.3) is 0 Å². The molecule has 3 N–H and O–H groups in total. The minimum atomic E-state index is -0.522. The summed E-state index contributed by atoms with van der Waals surface area (Å²) in [5.74, 6) is -0.288. The summed E-state index contributed by atoms with van der Waals surface area (Å²) >= 11 is 0. The molecule has 1 aromatic heterocycles. The van der Waals surface area contributed by atoms with E-state index in [0.717, 1.165) is 17.8 Å². The van der Waals surface area contributed by atoms with Crippen LogP contribution in [0.3, 0.4) is 0 Å². The molecule has 1 amide bonds. The van der Waals surface area contributed by atoms with Gasteiger partial charge in [-0.25, -0.2) is 0 Å². The average molecular weight is 238 g/mol. The van der Waals surface area contributed by atoms with E-state index in [1.807, 2.05) is 25.6 Å². The smallest absolute Gasteiger partial charge is 0.224 e. The quantitative estimate of drug-likeness (QED) is 0.761. The van der Waals surface area contributed by atoms with Crippen LogP contribution in [0.4, 0.5) is 0 Å². The Morgan fingerprint density at radius 1 is 1.59 bits per heavy atom. The fraction of sp³-hybridized carbons (Fsp3) is 0.667. The van der Waals surface area contributed by atoms with E-state index in [-0.39, 0.29) is 5.91 Å². The second-order valence-corrected chi connectivity index (χ2v) is 4.96. The molecule has 1 heterocycles. The third kappa shape index (κ3) is 3.56. The van der Waals surface area contributed by atoms with Gasteiger partial charge in [-0.2, -0.15) is 5.10 Å². The van der Waals surface area contributed by atoms with Gasteiger partial charge >= 0.3 is 0 Å². The molecule has 0 saturated carbocycles. The molecule has 0 aliphatic carbocycles. The fourth-order valence-electron chi connectivity index (χ4n) is 1.50. The number of primary amides is 1. The number of hydrogen-bond donors (Lipinski definition) is 2. The Morgan fingerprint density at radius 2 is 2.24 bits per heavy atom. The van der Waals surface area contributed by atoms with Gasteiger partial charge in [-0.3, -0.25) is 9.48 Å². The standard InChI is InChI=1S/C12H22N4O/c1-5-9-6-10(16(4)15-9)7-14-8-12(2,3)11(13)17/h6,14H,5,7-8H2,1-4H3,(H2,13,17). The molecule has 0 radical (unpaired) electrons. The van der Waals surface area contributed by atoms with Crippen LogP contribution in [0.2, 0.25) is 0 Å². The predicted octanol–water partition coefficient (Wildman–Crippen LogP) is 0.584. The van der Waals surface area contributed by atoms with Crippen molar-refractivity contribution >= 4 is 5.91 Å². The van der Waals surface area contributed by atoms with Crippen LogP contribution in [0, 0.1) is 5.41 Å². The van der Waals surface area contributed by atoms with Gasteiger partial charge in [0.05, 0.1) is 16.8 Å². The summed E-state index contributed by atoms with van der Waals surface area (Å²) in [6.07, 6.45) is 0.931. The normalized spacial score (nSPS) is 11.8. The Balaban J connectivity index is 2.51. The molecule has 0 unspecified atom stereocenters. The summed E-state index contributed by atoms with van der Waals surface area (Å²) in [5, 5.41) is 7.60. The summed E-state index contributed by atoms with van der Waals surface area (Å²) in [4.78, 5) is 11.1. The Bertz CT molecular complexity index is 395. The van der Waals surface area contributed by atoms with Crippen molar-refractivity contribution < 1.29 is 4.79 Å². The molecule has 0 spiro atoms. The van der Waals surface area contributed by atoms with E-state index in [4.69, 9.17) is 5.73 Å². The highest BCUT2D eigenvalue weighted by molar-refractivity contribution is 5.80. The molecule has 1 rings (SSSR count). The van der Waals surface area contributed by atoms with Crippen molar-refractivity contribution in [3.63, 3.8) is 0 Å². The molecular weight excluding hydrogens is 216 g/mol. The Kier molecular flexibility index (Phi) is 4.28. The number of aromatic nitrogens is 2. The lowest BCUT2D eigenvalue weighted by molar-refractivity contribution is -0.125. The van der Waals surface area contributed by atoms with Crippen molar-refractivity contribution in [3.05, 3.63) is 17.5 Å². The summed E-state index contributed by atoms with van der Waals surface area (Å²) in [6, 6.07) is 2.07. The number of aryl methyl sites for hydroxylation is 2. The van der Waals surface area contributed by atoms with Crippen LogP contribution < -0.4 is 11.1 Å². The average Bonchev–Trinajstić information content (AvgIpc) is 2.59. The number of nitrogens with zero attached hydrogens (tertiary/aromatic N) is 2. The second-order valence-electron chi connectivity index (χ2n) is 4.96. The lowest BCUT2D eigenvalue weighted by atomic mass is 9.93. The number of carbonyl (C=O) groups excluding carboxylic acids is 1. The second kappa shape index (κ2) is 5.31. The lowest BCUT2D eigenvalue weighted by Crippen LogP contribution is -2.40. The number of carbonyl (C=O) groups is 1. The molecule has 96 valence electrons. The highest BCUT2D eigenvalue weighted by atomic mass is 16.1. The Labute approximate surface area is 102 Å². The molecule has 0 saturated heterocycles. The molecule has 0 aliphatic heterocycles. The van der Waals surface area contributed by atoms with Gasteiger partial charge in [-0.1, -0.05) is 6.92 Å². The molecule has 0 bridgehead atoms. The van der Waals surface area contributed by atoms with E-state index in [2.05, 4.69) is 23.4 Å². The zero-order valence-corrected chi connectivity index (χ0v) is 11.1. The molecule has 5 heteroatoms. The fourth-order valence-corrected chi connectivity index (χ4v) is 1.50. The van der Waals surface area contributed by atoms with Crippen molar-refractivity contribution in [2.24, 2.45) is 18.2 Å². The maximum atomic E-state index is 11.1. The van der Waals surface area contributed by atoms with E-state index in [9.17, 15) is 4.79 Å². The van der Waals surface area contributed by atoms with E-state index in [1.54, 1.807) is 0 Å². The Hall–Kier alpha value is -1.36. The molecule has 0 atom stereocenters. The first kappa shape index (κ1) is 13.7. The highest BCUT2D eigenvalue weighted by Gasteiger charge is 2.24. The SMILES string of the molecule is CCc1cc(CNCC(C)(C)C(N)=O)n(C)n1. The summed E-state index contributed by atoms with van der Waals surface area (Å²) in [5.41, 5.74) is 6.98. The lowest BCUT2D eigenvalue weighted by Gasteiger charge is -2.20. The van der Waals surface area contributed by atoms with E-state index in [0.29, 0.717) is 13.1 Å². The van der Waals surface area contributed by atoms with Crippen molar-refractivity contribution in [2.45, 2.75) is 33.7 Å². The van der Waals surface area contributed by atoms with E-state index >= 15 is 0 Å². The van der Waals surface area contributed by atoms with Crippen molar-refractivity contribution in [1.29, 1.82) is 0 Å².